The van der Waals surface area contributed by atoms with Gasteiger partial charge in [-0.3, -0.25) is 4.79 Å². The van der Waals surface area contributed by atoms with Crippen LogP contribution in [0, 0.1) is 0 Å². The third-order valence-corrected chi connectivity index (χ3v) is 7.89. The standard InChI is InChI=1S/C25H28O3S/c1-3-4-19-27-23-17-15-22(16-18-23)20-29(28-21(2)26,24-11-7-5-8-12-24)25-13-9-6-10-14-25/h5-18H,3-4,19-20H2,1-2H3. The van der Waals surface area contributed by atoms with Crippen LogP contribution in [0.3, 0.4) is 0 Å². The minimum Gasteiger partial charge on any atom is -0.494 e. The smallest absolute Gasteiger partial charge is 0.313 e. The molecule has 0 spiro atoms. The molecule has 29 heavy (non-hydrogen) atoms. The second-order valence-corrected chi connectivity index (χ2v) is 9.62. The van der Waals surface area contributed by atoms with Crippen LogP contribution >= 0.6 is 10.3 Å². The van der Waals surface area contributed by atoms with E-state index in [4.69, 9.17) is 8.92 Å². The lowest BCUT2D eigenvalue weighted by Gasteiger charge is -2.39. The molecule has 4 heteroatoms. The number of unbranched alkanes of at least 4 members (excludes halogenated alkanes) is 1. The van der Waals surface area contributed by atoms with Crippen LogP contribution in [-0.4, -0.2) is 12.6 Å². The van der Waals surface area contributed by atoms with E-state index in [9.17, 15) is 4.79 Å². The monoisotopic (exact) mass is 408 g/mol. The number of hydrogen-bond acceptors (Lipinski definition) is 3. The van der Waals surface area contributed by atoms with Crippen LogP contribution in [0.5, 0.6) is 5.75 Å². The third kappa shape index (κ3) is 5.42. The van der Waals surface area contributed by atoms with Gasteiger partial charge in [0.25, 0.3) is 0 Å². The van der Waals surface area contributed by atoms with Gasteiger partial charge in [0.2, 0.25) is 0 Å². The van der Waals surface area contributed by atoms with Gasteiger partial charge in [0, 0.05) is 22.5 Å². The normalized spacial score (nSPS) is 11.7. The molecule has 0 saturated heterocycles. The van der Waals surface area contributed by atoms with Crippen LogP contribution in [0.1, 0.15) is 32.3 Å². The summed E-state index contributed by atoms with van der Waals surface area (Å²) in [6.07, 6.45) is 2.16. The van der Waals surface area contributed by atoms with Gasteiger partial charge in [0.15, 0.2) is 0 Å². The second-order valence-electron chi connectivity index (χ2n) is 6.87. The number of rotatable bonds is 9. The zero-order valence-electron chi connectivity index (χ0n) is 17.0. The SMILES string of the molecule is CCCCOc1ccc(CS(OC(C)=O)(c2ccccc2)c2ccccc2)cc1. The van der Waals surface area contributed by atoms with Crippen molar-refractivity contribution in [1.82, 2.24) is 0 Å². The summed E-state index contributed by atoms with van der Waals surface area (Å²) >= 11 is 0. The molecular formula is C25H28O3S. The maximum atomic E-state index is 12.2. The fraction of sp³-hybridized carbons (Fsp3) is 0.240. The number of carbonyl (C=O) groups excluding carboxylic acids is 1. The Bertz CT molecular complexity index is 853. The average molecular weight is 409 g/mol. The molecule has 3 aromatic carbocycles. The molecular weight excluding hydrogens is 380 g/mol. The highest BCUT2D eigenvalue weighted by molar-refractivity contribution is 8.29. The summed E-state index contributed by atoms with van der Waals surface area (Å²) in [6.45, 7) is 4.36. The van der Waals surface area contributed by atoms with E-state index in [1.807, 2.05) is 72.8 Å². The van der Waals surface area contributed by atoms with Crippen molar-refractivity contribution in [3.05, 3.63) is 90.5 Å². The quantitative estimate of drug-likeness (QED) is 0.367. The second kappa shape index (κ2) is 10.2. The molecule has 0 bridgehead atoms. The minimum atomic E-state index is -2.03. The summed E-state index contributed by atoms with van der Waals surface area (Å²) in [5.41, 5.74) is 1.11. The molecule has 0 aliphatic rings. The Kier molecular flexibility index (Phi) is 7.36. The Hall–Kier alpha value is -2.72. The molecule has 0 N–H and O–H groups in total. The molecule has 3 aromatic rings. The first-order chi connectivity index (χ1) is 14.1. The first-order valence-corrected chi connectivity index (χ1v) is 11.7. The topological polar surface area (TPSA) is 35.5 Å². The molecule has 0 aliphatic heterocycles. The van der Waals surface area contributed by atoms with Gasteiger partial charge in [-0.15, -0.1) is 0 Å². The lowest BCUT2D eigenvalue weighted by Crippen LogP contribution is -2.13. The van der Waals surface area contributed by atoms with Crippen molar-refractivity contribution in [2.75, 3.05) is 6.61 Å². The van der Waals surface area contributed by atoms with Crippen LogP contribution in [0.25, 0.3) is 0 Å². The van der Waals surface area contributed by atoms with Crippen LogP contribution < -0.4 is 4.74 Å². The highest BCUT2D eigenvalue weighted by Crippen LogP contribution is 2.65. The van der Waals surface area contributed by atoms with E-state index in [1.54, 1.807) is 0 Å². The highest BCUT2D eigenvalue weighted by Gasteiger charge is 2.32. The van der Waals surface area contributed by atoms with Crippen molar-refractivity contribution in [2.45, 2.75) is 42.2 Å². The molecule has 0 unspecified atom stereocenters. The van der Waals surface area contributed by atoms with E-state index in [0.29, 0.717) is 5.75 Å². The highest BCUT2D eigenvalue weighted by atomic mass is 32.3. The van der Waals surface area contributed by atoms with Gasteiger partial charge in [-0.2, -0.15) is 0 Å². The van der Waals surface area contributed by atoms with Crippen molar-refractivity contribution >= 4 is 16.3 Å². The molecule has 0 aromatic heterocycles. The van der Waals surface area contributed by atoms with Crippen LogP contribution in [0.4, 0.5) is 0 Å². The van der Waals surface area contributed by atoms with Crippen LogP contribution in [-0.2, 0) is 14.7 Å². The fourth-order valence-electron chi connectivity index (χ4n) is 3.16. The van der Waals surface area contributed by atoms with Gasteiger partial charge in [-0.25, -0.2) is 0 Å². The molecule has 0 fully saturated rings. The first kappa shape index (κ1) is 21.0. The minimum absolute atomic E-state index is 0.271. The van der Waals surface area contributed by atoms with Crippen molar-refractivity contribution in [2.24, 2.45) is 0 Å². The Balaban J connectivity index is 1.98. The number of benzene rings is 3. The van der Waals surface area contributed by atoms with E-state index in [1.165, 1.54) is 6.92 Å². The van der Waals surface area contributed by atoms with E-state index in [-0.39, 0.29) is 5.97 Å². The van der Waals surface area contributed by atoms with Gasteiger partial charge in [-0.1, -0.05) is 61.9 Å². The lowest BCUT2D eigenvalue weighted by atomic mass is 10.2. The van der Waals surface area contributed by atoms with Crippen LogP contribution in [0.15, 0.2) is 94.7 Å². The zero-order chi connectivity index (χ0) is 20.5. The van der Waals surface area contributed by atoms with Crippen molar-refractivity contribution in [1.29, 1.82) is 0 Å². The lowest BCUT2D eigenvalue weighted by molar-refractivity contribution is -0.131. The predicted octanol–water partition coefficient (Wildman–Crippen LogP) is 6.77. The molecule has 0 heterocycles. The van der Waals surface area contributed by atoms with Gasteiger partial charge >= 0.3 is 5.97 Å². The van der Waals surface area contributed by atoms with E-state index < -0.39 is 10.3 Å². The number of ether oxygens (including phenoxy) is 1. The van der Waals surface area contributed by atoms with Crippen molar-refractivity contribution in [3.63, 3.8) is 0 Å². The predicted molar refractivity (Wildman–Crippen MR) is 119 cm³/mol. The molecule has 3 rings (SSSR count). The van der Waals surface area contributed by atoms with Crippen LogP contribution in [0.2, 0.25) is 0 Å². The van der Waals surface area contributed by atoms with Crippen molar-refractivity contribution < 1.29 is 13.7 Å². The van der Waals surface area contributed by atoms with Gasteiger partial charge < -0.3 is 8.92 Å². The first-order valence-electron chi connectivity index (χ1n) is 9.97. The molecule has 0 radical (unpaired) electrons. The largest absolute Gasteiger partial charge is 0.494 e. The summed E-state index contributed by atoms with van der Waals surface area (Å²) in [7, 11) is -2.03. The fourth-order valence-corrected chi connectivity index (χ4v) is 6.27. The number of hydrogen-bond donors (Lipinski definition) is 0. The Morgan fingerprint density at radius 1 is 0.828 bits per heavy atom. The number of carbonyl (C=O) groups is 1. The average Bonchev–Trinajstić information content (AvgIpc) is 2.75. The van der Waals surface area contributed by atoms with Gasteiger partial charge in [-0.05, 0) is 58.7 Å². The molecule has 0 amide bonds. The summed E-state index contributed by atoms with van der Waals surface area (Å²) in [5.74, 6) is 1.22. The summed E-state index contributed by atoms with van der Waals surface area (Å²) in [6, 6.07) is 28.3. The maximum absolute atomic E-state index is 12.2. The summed E-state index contributed by atoms with van der Waals surface area (Å²) in [4.78, 5) is 14.2. The van der Waals surface area contributed by atoms with E-state index in [0.717, 1.165) is 40.6 Å². The molecule has 3 nitrogen and oxygen atoms in total. The molecule has 152 valence electrons. The molecule has 0 saturated carbocycles. The molecule has 0 atom stereocenters. The van der Waals surface area contributed by atoms with Gasteiger partial charge in [0.05, 0.1) is 6.61 Å². The summed E-state index contributed by atoms with van der Waals surface area (Å²) in [5, 5.41) is 0. The van der Waals surface area contributed by atoms with E-state index >= 15 is 0 Å². The Morgan fingerprint density at radius 2 is 1.38 bits per heavy atom. The van der Waals surface area contributed by atoms with Crippen molar-refractivity contribution in [3.8, 4) is 5.75 Å². The zero-order valence-corrected chi connectivity index (χ0v) is 17.9. The maximum Gasteiger partial charge on any atom is 0.313 e. The van der Waals surface area contributed by atoms with Gasteiger partial charge in [0.1, 0.15) is 5.75 Å². The molecule has 0 aliphatic carbocycles. The summed E-state index contributed by atoms with van der Waals surface area (Å²) < 4.78 is 11.9. The third-order valence-electron chi connectivity index (χ3n) is 4.57. The van der Waals surface area contributed by atoms with E-state index in [2.05, 4.69) is 19.1 Å². The Labute approximate surface area is 175 Å². The Morgan fingerprint density at radius 3 is 1.86 bits per heavy atom.